The highest BCUT2D eigenvalue weighted by molar-refractivity contribution is 7.98. The molecule has 1 atom stereocenters. The van der Waals surface area contributed by atoms with E-state index in [0.29, 0.717) is 6.54 Å². The van der Waals surface area contributed by atoms with Crippen LogP contribution in [-0.4, -0.2) is 48.4 Å². The molecule has 0 bridgehead atoms. The highest BCUT2D eigenvalue weighted by atomic mass is 32.2. The number of hydrogen-bond acceptors (Lipinski definition) is 4. The quantitative estimate of drug-likeness (QED) is 0.831. The highest BCUT2D eigenvalue weighted by Gasteiger charge is 2.42. The molecule has 0 aliphatic carbocycles. The summed E-state index contributed by atoms with van der Waals surface area (Å²) in [6.07, 6.45) is 6.71. The standard InChI is InChI=1S/C19H28N2O2S/c1-15(22)20-13-17-7-8-19(23-17)9-11-21(12-10-19)14-16-3-5-18(24-2)6-4-16/h3-6,17H,7-14H2,1-2H3,(H,20,22). The Morgan fingerprint density at radius 1 is 1.29 bits per heavy atom. The van der Waals surface area contributed by atoms with E-state index in [0.717, 1.165) is 45.3 Å². The Balaban J connectivity index is 1.46. The number of piperidine rings is 1. The predicted octanol–water partition coefficient (Wildman–Crippen LogP) is 3.06. The molecule has 1 aromatic rings. The zero-order chi connectivity index (χ0) is 17.0. The highest BCUT2D eigenvalue weighted by Crippen LogP contribution is 2.39. The molecule has 1 unspecified atom stereocenters. The topological polar surface area (TPSA) is 41.6 Å². The van der Waals surface area contributed by atoms with Gasteiger partial charge in [0.05, 0.1) is 11.7 Å². The number of carbonyl (C=O) groups excluding carboxylic acids is 1. The van der Waals surface area contributed by atoms with Crippen molar-refractivity contribution in [1.29, 1.82) is 0 Å². The van der Waals surface area contributed by atoms with Gasteiger partial charge in [0.25, 0.3) is 0 Å². The lowest BCUT2D eigenvalue weighted by molar-refractivity contribution is -0.120. The Kier molecular flexibility index (Phi) is 5.85. The molecular weight excluding hydrogens is 320 g/mol. The van der Waals surface area contributed by atoms with Crippen molar-refractivity contribution in [3.8, 4) is 0 Å². The van der Waals surface area contributed by atoms with E-state index in [-0.39, 0.29) is 17.6 Å². The van der Waals surface area contributed by atoms with Gasteiger partial charge >= 0.3 is 0 Å². The molecule has 5 heteroatoms. The summed E-state index contributed by atoms with van der Waals surface area (Å²) in [6.45, 7) is 5.44. The maximum Gasteiger partial charge on any atom is 0.216 e. The SMILES string of the molecule is CSc1ccc(CN2CCC3(CCC(CNC(C)=O)O3)CC2)cc1. The Morgan fingerprint density at radius 3 is 2.62 bits per heavy atom. The zero-order valence-corrected chi connectivity index (χ0v) is 15.5. The van der Waals surface area contributed by atoms with E-state index < -0.39 is 0 Å². The van der Waals surface area contributed by atoms with Gasteiger partial charge in [0.1, 0.15) is 0 Å². The van der Waals surface area contributed by atoms with Crippen molar-refractivity contribution in [2.24, 2.45) is 0 Å². The fourth-order valence-corrected chi connectivity index (χ4v) is 4.18. The minimum Gasteiger partial charge on any atom is -0.370 e. The van der Waals surface area contributed by atoms with Crippen LogP contribution in [-0.2, 0) is 16.1 Å². The van der Waals surface area contributed by atoms with Gasteiger partial charge < -0.3 is 10.1 Å². The van der Waals surface area contributed by atoms with E-state index in [2.05, 4.69) is 40.7 Å². The molecule has 0 radical (unpaired) electrons. The molecule has 2 saturated heterocycles. The van der Waals surface area contributed by atoms with Crippen molar-refractivity contribution >= 4 is 17.7 Å². The van der Waals surface area contributed by atoms with Crippen molar-refractivity contribution in [1.82, 2.24) is 10.2 Å². The lowest BCUT2D eigenvalue weighted by Crippen LogP contribution is -2.44. The Bertz CT molecular complexity index is 553. The van der Waals surface area contributed by atoms with Crippen molar-refractivity contribution in [2.45, 2.75) is 55.8 Å². The van der Waals surface area contributed by atoms with Gasteiger partial charge in [0.2, 0.25) is 5.91 Å². The van der Waals surface area contributed by atoms with E-state index in [9.17, 15) is 4.79 Å². The van der Waals surface area contributed by atoms with Gasteiger partial charge in [-0.1, -0.05) is 12.1 Å². The number of carbonyl (C=O) groups is 1. The smallest absolute Gasteiger partial charge is 0.216 e. The summed E-state index contributed by atoms with van der Waals surface area (Å²) in [4.78, 5) is 14.9. The van der Waals surface area contributed by atoms with Gasteiger partial charge in [0, 0.05) is 38.0 Å². The molecule has 0 saturated carbocycles. The summed E-state index contributed by atoms with van der Waals surface area (Å²) in [5, 5.41) is 2.88. The van der Waals surface area contributed by atoms with Crippen LogP contribution in [0.5, 0.6) is 0 Å². The number of likely N-dealkylation sites (tertiary alicyclic amines) is 1. The fourth-order valence-electron chi connectivity index (χ4n) is 3.77. The molecule has 1 amide bonds. The van der Waals surface area contributed by atoms with Gasteiger partial charge in [-0.15, -0.1) is 11.8 Å². The van der Waals surface area contributed by atoms with Crippen molar-refractivity contribution in [2.75, 3.05) is 25.9 Å². The van der Waals surface area contributed by atoms with Crippen LogP contribution in [0.1, 0.15) is 38.2 Å². The number of amides is 1. The lowest BCUT2D eigenvalue weighted by Gasteiger charge is -2.39. The average molecular weight is 349 g/mol. The number of ether oxygens (including phenoxy) is 1. The Labute approximate surface area is 149 Å². The third-order valence-electron chi connectivity index (χ3n) is 5.25. The minimum absolute atomic E-state index is 0.0295. The first kappa shape index (κ1) is 17.8. The summed E-state index contributed by atoms with van der Waals surface area (Å²) in [6, 6.07) is 8.90. The van der Waals surface area contributed by atoms with Gasteiger partial charge in [-0.3, -0.25) is 9.69 Å². The molecule has 1 N–H and O–H groups in total. The van der Waals surface area contributed by atoms with Crippen LogP contribution in [0.2, 0.25) is 0 Å². The summed E-state index contributed by atoms with van der Waals surface area (Å²) in [5.74, 6) is 0.0295. The Morgan fingerprint density at radius 2 is 2.00 bits per heavy atom. The van der Waals surface area contributed by atoms with Gasteiger partial charge in [0.15, 0.2) is 0 Å². The average Bonchev–Trinajstić information content (AvgIpc) is 2.99. The fraction of sp³-hybridized carbons (Fsp3) is 0.632. The number of hydrogen-bond donors (Lipinski definition) is 1. The molecule has 24 heavy (non-hydrogen) atoms. The second kappa shape index (κ2) is 7.89. The number of rotatable bonds is 5. The van der Waals surface area contributed by atoms with Crippen molar-refractivity contribution in [3.05, 3.63) is 29.8 Å². The summed E-state index contributed by atoms with van der Waals surface area (Å²) in [5.41, 5.74) is 1.45. The van der Waals surface area contributed by atoms with E-state index in [1.165, 1.54) is 10.5 Å². The maximum atomic E-state index is 11.1. The lowest BCUT2D eigenvalue weighted by atomic mass is 9.88. The maximum absolute atomic E-state index is 11.1. The summed E-state index contributed by atoms with van der Waals surface area (Å²) < 4.78 is 6.32. The normalized spacial score (nSPS) is 23.5. The second-order valence-corrected chi connectivity index (χ2v) is 7.90. The molecule has 2 fully saturated rings. The molecule has 1 spiro atoms. The molecule has 4 nitrogen and oxygen atoms in total. The van der Waals surface area contributed by atoms with Crippen molar-refractivity contribution < 1.29 is 9.53 Å². The Hall–Kier alpha value is -1.04. The molecule has 0 aromatic heterocycles. The molecule has 2 aliphatic heterocycles. The van der Waals surface area contributed by atoms with Crippen LogP contribution in [0.15, 0.2) is 29.2 Å². The third-order valence-corrected chi connectivity index (χ3v) is 5.99. The van der Waals surface area contributed by atoms with E-state index in [1.54, 1.807) is 18.7 Å². The molecule has 1 aromatic carbocycles. The van der Waals surface area contributed by atoms with E-state index in [1.807, 2.05) is 0 Å². The second-order valence-electron chi connectivity index (χ2n) is 7.02. The van der Waals surface area contributed by atoms with E-state index >= 15 is 0 Å². The van der Waals surface area contributed by atoms with Gasteiger partial charge in [-0.05, 0) is 49.6 Å². The largest absolute Gasteiger partial charge is 0.370 e. The molecular formula is C19H28N2O2S. The molecule has 3 rings (SSSR count). The first-order chi connectivity index (χ1) is 11.6. The van der Waals surface area contributed by atoms with Crippen LogP contribution >= 0.6 is 11.8 Å². The van der Waals surface area contributed by atoms with Crippen LogP contribution in [0.25, 0.3) is 0 Å². The third kappa shape index (κ3) is 4.52. The summed E-state index contributed by atoms with van der Waals surface area (Å²) in [7, 11) is 0. The first-order valence-corrected chi connectivity index (χ1v) is 10.1. The summed E-state index contributed by atoms with van der Waals surface area (Å²) >= 11 is 1.79. The van der Waals surface area contributed by atoms with Gasteiger partial charge in [-0.2, -0.15) is 0 Å². The predicted molar refractivity (Wildman–Crippen MR) is 98.3 cm³/mol. The molecule has 2 aliphatic rings. The van der Waals surface area contributed by atoms with Crippen LogP contribution in [0, 0.1) is 0 Å². The molecule has 2 heterocycles. The first-order valence-electron chi connectivity index (χ1n) is 8.86. The number of thioether (sulfide) groups is 1. The van der Waals surface area contributed by atoms with Crippen molar-refractivity contribution in [3.63, 3.8) is 0 Å². The minimum atomic E-state index is 0.0295. The van der Waals surface area contributed by atoms with Crippen LogP contribution in [0.4, 0.5) is 0 Å². The number of benzene rings is 1. The van der Waals surface area contributed by atoms with Gasteiger partial charge in [-0.25, -0.2) is 0 Å². The number of nitrogens with zero attached hydrogens (tertiary/aromatic N) is 1. The number of nitrogens with one attached hydrogen (secondary N) is 1. The molecule has 132 valence electrons. The zero-order valence-electron chi connectivity index (χ0n) is 14.7. The van der Waals surface area contributed by atoms with Crippen LogP contribution < -0.4 is 5.32 Å². The monoisotopic (exact) mass is 348 g/mol. The van der Waals surface area contributed by atoms with E-state index in [4.69, 9.17) is 4.74 Å². The van der Waals surface area contributed by atoms with Crippen LogP contribution in [0.3, 0.4) is 0 Å².